The highest BCUT2D eigenvalue weighted by Gasteiger charge is 2.36. The van der Waals surface area contributed by atoms with Crippen LogP contribution in [0.2, 0.25) is 0 Å². The molecular weight excluding hydrogens is 463 g/mol. The molecule has 3 aromatic rings. The van der Waals surface area contributed by atoms with Crippen molar-refractivity contribution in [3.8, 4) is 0 Å². The van der Waals surface area contributed by atoms with Crippen molar-refractivity contribution >= 4 is 11.6 Å². The number of anilines is 1. The van der Waals surface area contributed by atoms with Crippen LogP contribution in [-0.2, 0) is 11.3 Å². The summed E-state index contributed by atoms with van der Waals surface area (Å²) >= 11 is 0. The van der Waals surface area contributed by atoms with Gasteiger partial charge < -0.3 is 9.80 Å². The van der Waals surface area contributed by atoms with Crippen LogP contribution in [0.25, 0.3) is 0 Å². The standard InChI is InChI=1S/C29H30F3N3O/c30-24-12-10-22(26(32)18-24)19-35-20-23(11-13-27(35)21-6-2-1-3-7-21)29(36)34-16-14-33(15-17-34)28-9-5-4-8-25(28)31/h1-10,12,18,23,27H,11,13-17,19-20H2. The topological polar surface area (TPSA) is 26.8 Å². The lowest BCUT2D eigenvalue weighted by Crippen LogP contribution is -2.53. The maximum absolute atomic E-state index is 14.5. The molecular formula is C29H30F3N3O. The molecule has 1 amide bonds. The van der Waals surface area contributed by atoms with Gasteiger partial charge in [-0.3, -0.25) is 9.69 Å². The monoisotopic (exact) mass is 493 g/mol. The van der Waals surface area contributed by atoms with Gasteiger partial charge in [0.05, 0.1) is 11.6 Å². The van der Waals surface area contributed by atoms with E-state index in [1.807, 2.05) is 34.1 Å². The van der Waals surface area contributed by atoms with Crippen LogP contribution < -0.4 is 4.90 Å². The smallest absolute Gasteiger partial charge is 0.227 e. The minimum Gasteiger partial charge on any atom is -0.366 e. The van der Waals surface area contributed by atoms with Crippen molar-refractivity contribution in [1.29, 1.82) is 0 Å². The van der Waals surface area contributed by atoms with E-state index in [9.17, 15) is 18.0 Å². The van der Waals surface area contributed by atoms with Crippen molar-refractivity contribution in [1.82, 2.24) is 9.80 Å². The molecule has 188 valence electrons. The van der Waals surface area contributed by atoms with Crippen LogP contribution in [0.15, 0.2) is 72.8 Å². The summed E-state index contributed by atoms with van der Waals surface area (Å²) in [5.74, 6) is -1.52. The summed E-state index contributed by atoms with van der Waals surface area (Å²) in [7, 11) is 0. The molecule has 2 atom stereocenters. The lowest BCUT2D eigenvalue weighted by molar-refractivity contribution is -0.138. The molecule has 2 aliphatic heterocycles. The first-order chi connectivity index (χ1) is 17.5. The molecule has 2 aliphatic rings. The number of rotatable bonds is 5. The molecule has 2 saturated heterocycles. The lowest BCUT2D eigenvalue weighted by atomic mass is 9.87. The number of piperazine rings is 1. The molecule has 0 spiro atoms. The molecule has 0 N–H and O–H groups in total. The van der Waals surface area contributed by atoms with Crippen molar-refractivity contribution in [3.63, 3.8) is 0 Å². The second-order valence-electron chi connectivity index (χ2n) is 9.63. The summed E-state index contributed by atoms with van der Waals surface area (Å²) in [6.45, 7) is 3.04. The Bertz CT molecular complexity index is 1200. The largest absolute Gasteiger partial charge is 0.366 e. The molecule has 2 unspecified atom stereocenters. The number of hydrogen-bond donors (Lipinski definition) is 0. The number of benzene rings is 3. The minimum absolute atomic E-state index is 0.0533. The second-order valence-corrected chi connectivity index (χ2v) is 9.63. The number of carbonyl (C=O) groups excluding carboxylic acids is 1. The van der Waals surface area contributed by atoms with Gasteiger partial charge >= 0.3 is 0 Å². The predicted octanol–water partition coefficient (Wildman–Crippen LogP) is 5.41. The highest BCUT2D eigenvalue weighted by molar-refractivity contribution is 5.79. The summed E-state index contributed by atoms with van der Waals surface area (Å²) in [5, 5.41) is 0. The first-order valence-electron chi connectivity index (χ1n) is 12.5. The van der Waals surface area contributed by atoms with E-state index in [-0.39, 0.29) is 23.7 Å². The number of carbonyl (C=O) groups is 1. The first-order valence-corrected chi connectivity index (χ1v) is 12.5. The fourth-order valence-electron chi connectivity index (χ4n) is 5.48. The molecule has 4 nitrogen and oxygen atoms in total. The fraction of sp³-hybridized carbons (Fsp3) is 0.345. The molecule has 0 aliphatic carbocycles. The normalized spacial score (nSPS) is 21.0. The van der Waals surface area contributed by atoms with Gasteiger partial charge in [0.1, 0.15) is 17.5 Å². The number of para-hydroxylation sites is 1. The first kappa shape index (κ1) is 24.4. The Morgan fingerprint density at radius 2 is 1.53 bits per heavy atom. The minimum atomic E-state index is -0.600. The van der Waals surface area contributed by atoms with Gasteiger partial charge in [0.2, 0.25) is 5.91 Å². The Kier molecular flexibility index (Phi) is 7.28. The third-order valence-corrected chi connectivity index (χ3v) is 7.39. The van der Waals surface area contributed by atoms with Gasteiger partial charge in [0, 0.05) is 56.9 Å². The molecule has 2 heterocycles. The molecule has 0 saturated carbocycles. The zero-order chi connectivity index (χ0) is 25.1. The molecule has 3 aromatic carbocycles. The van der Waals surface area contributed by atoms with Gasteiger partial charge in [-0.25, -0.2) is 13.2 Å². The van der Waals surface area contributed by atoms with Gasteiger partial charge in [-0.2, -0.15) is 0 Å². The molecule has 7 heteroatoms. The van der Waals surface area contributed by atoms with Gasteiger partial charge in [0.25, 0.3) is 0 Å². The number of likely N-dealkylation sites (tertiary alicyclic amines) is 1. The molecule has 2 fully saturated rings. The molecule has 5 rings (SSSR count). The average molecular weight is 494 g/mol. The highest BCUT2D eigenvalue weighted by atomic mass is 19.1. The van der Waals surface area contributed by atoms with Crippen molar-refractivity contribution in [2.45, 2.75) is 25.4 Å². The fourth-order valence-corrected chi connectivity index (χ4v) is 5.48. The number of amides is 1. The molecule has 36 heavy (non-hydrogen) atoms. The Labute approximate surface area is 209 Å². The summed E-state index contributed by atoms with van der Waals surface area (Å²) in [6, 6.07) is 20.5. The second kappa shape index (κ2) is 10.7. The molecule has 0 radical (unpaired) electrons. The zero-order valence-electron chi connectivity index (χ0n) is 20.1. The average Bonchev–Trinajstić information content (AvgIpc) is 2.91. The van der Waals surface area contributed by atoms with E-state index >= 15 is 0 Å². The summed E-state index contributed by atoms with van der Waals surface area (Å²) < 4.78 is 42.2. The van der Waals surface area contributed by atoms with E-state index in [1.54, 1.807) is 12.1 Å². The summed E-state index contributed by atoms with van der Waals surface area (Å²) in [6.07, 6.45) is 1.52. The van der Waals surface area contributed by atoms with E-state index < -0.39 is 11.6 Å². The van der Waals surface area contributed by atoms with Gasteiger partial charge in [-0.15, -0.1) is 0 Å². The highest BCUT2D eigenvalue weighted by Crippen LogP contribution is 2.36. The number of piperidine rings is 1. The van der Waals surface area contributed by atoms with E-state index in [4.69, 9.17) is 0 Å². The van der Waals surface area contributed by atoms with Crippen LogP contribution in [0.5, 0.6) is 0 Å². The van der Waals surface area contributed by atoms with E-state index in [0.717, 1.165) is 24.5 Å². The maximum Gasteiger partial charge on any atom is 0.227 e. The van der Waals surface area contributed by atoms with Crippen LogP contribution in [0, 0.1) is 23.4 Å². The van der Waals surface area contributed by atoms with Gasteiger partial charge in [-0.1, -0.05) is 48.5 Å². The Morgan fingerprint density at radius 3 is 2.25 bits per heavy atom. The van der Waals surface area contributed by atoms with Crippen LogP contribution in [-0.4, -0.2) is 48.4 Å². The van der Waals surface area contributed by atoms with Crippen molar-refractivity contribution in [2.24, 2.45) is 5.92 Å². The van der Waals surface area contributed by atoms with Crippen molar-refractivity contribution in [3.05, 3.63) is 101 Å². The van der Waals surface area contributed by atoms with Crippen LogP contribution >= 0.6 is 0 Å². The van der Waals surface area contributed by atoms with Crippen LogP contribution in [0.1, 0.15) is 30.0 Å². The number of halogens is 3. The summed E-state index contributed by atoms with van der Waals surface area (Å²) in [5.41, 5.74) is 2.12. The molecule has 0 aromatic heterocycles. The number of hydrogen-bond acceptors (Lipinski definition) is 3. The van der Waals surface area contributed by atoms with E-state index in [1.165, 1.54) is 18.2 Å². The van der Waals surface area contributed by atoms with Crippen molar-refractivity contribution in [2.75, 3.05) is 37.6 Å². The Morgan fingerprint density at radius 1 is 0.806 bits per heavy atom. The van der Waals surface area contributed by atoms with E-state index in [2.05, 4.69) is 17.0 Å². The Hall–Kier alpha value is -3.32. The third kappa shape index (κ3) is 5.26. The SMILES string of the molecule is O=C(C1CCC(c2ccccc2)N(Cc2ccc(F)cc2F)C1)N1CCN(c2ccccc2F)CC1. The van der Waals surface area contributed by atoms with Gasteiger partial charge in [-0.05, 0) is 36.6 Å². The Balaban J connectivity index is 1.28. The van der Waals surface area contributed by atoms with E-state index in [0.29, 0.717) is 50.5 Å². The van der Waals surface area contributed by atoms with Crippen molar-refractivity contribution < 1.29 is 18.0 Å². The predicted molar refractivity (Wildman–Crippen MR) is 134 cm³/mol. The maximum atomic E-state index is 14.5. The van der Waals surface area contributed by atoms with Crippen LogP contribution in [0.3, 0.4) is 0 Å². The quantitative estimate of drug-likeness (QED) is 0.476. The third-order valence-electron chi connectivity index (χ3n) is 7.39. The zero-order valence-corrected chi connectivity index (χ0v) is 20.1. The summed E-state index contributed by atoms with van der Waals surface area (Å²) in [4.78, 5) is 19.5. The van der Waals surface area contributed by atoms with Gasteiger partial charge in [0.15, 0.2) is 0 Å². The lowest BCUT2D eigenvalue weighted by Gasteiger charge is -2.42. The number of nitrogens with zero attached hydrogens (tertiary/aromatic N) is 3. The van der Waals surface area contributed by atoms with Crippen LogP contribution in [0.4, 0.5) is 18.9 Å². The molecule has 0 bridgehead atoms.